The van der Waals surface area contributed by atoms with E-state index in [1.165, 1.54) is 13.2 Å². The molecule has 0 aliphatic carbocycles. The number of hydrogen-bond donors (Lipinski definition) is 1. The lowest BCUT2D eigenvalue weighted by atomic mass is 10.1. The van der Waals surface area contributed by atoms with Crippen molar-refractivity contribution >= 4 is 23.3 Å². The molecular formula is C18H22ClN3O3. The second kappa shape index (κ2) is 7.70. The van der Waals surface area contributed by atoms with Crippen LogP contribution in [0.1, 0.15) is 26.3 Å². The number of aromatic nitrogens is 2. The first kappa shape index (κ1) is 19.0. The fraction of sp³-hybridized carbons (Fsp3) is 0.389. The van der Waals surface area contributed by atoms with Gasteiger partial charge in [-0.2, -0.15) is 5.10 Å². The number of carbonyl (C=O) groups excluding carboxylic acids is 1. The van der Waals surface area contributed by atoms with E-state index in [1.807, 2.05) is 30.3 Å². The van der Waals surface area contributed by atoms with Gasteiger partial charge in [0.05, 0.1) is 11.9 Å². The van der Waals surface area contributed by atoms with Crippen molar-refractivity contribution in [1.82, 2.24) is 9.78 Å². The van der Waals surface area contributed by atoms with E-state index in [-0.39, 0.29) is 5.02 Å². The topological polar surface area (TPSA) is 73.2 Å². The summed E-state index contributed by atoms with van der Waals surface area (Å²) in [5.74, 6) is -0.423. The molecule has 134 valence electrons. The van der Waals surface area contributed by atoms with Crippen LogP contribution in [0, 0.1) is 0 Å². The zero-order valence-corrected chi connectivity index (χ0v) is 15.5. The van der Waals surface area contributed by atoms with Crippen LogP contribution < -0.4 is 10.9 Å². The number of carbonyl (C=O) groups is 1. The Hall–Kier alpha value is -2.34. The van der Waals surface area contributed by atoms with E-state index in [0.29, 0.717) is 12.1 Å². The number of aryl methyl sites for hydroxylation is 1. The highest BCUT2D eigenvalue weighted by Gasteiger charge is 2.26. The number of ether oxygens (including phenoxy) is 1. The summed E-state index contributed by atoms with van der Waals surface area (Å²) in [4.78, 5) is 24.5. The number of halogens is 1. The SMILES string of the molecule is Cn1ncc(N[C@@H](Cc2ccccc2)C(=O)OC(C)(C)C)c(Cl)c1=O. The van der Waals surface area contributed by atoms with Gasteiger partial charge in [-0.05, 0) is 26.3 Å². The molecule has 7 heteroatoms. The quantitative estimate of drug-likeness (QED) is 0.827. The lowest BCUT2D eigenvalue weighted by Gasteiger charge is -2.25. The standard InChI is InChI=1S/C18H22ClN3O3/c1-18(2,3)25-17(24)13(10-12-8-6-5-7-9-12)21-14-11-20-22(4)16(23)15(14)19/h5-9,11,13,21H,10H2,1-4H3/t13-/m0/s1. The second-order valence-corrected chi connectivity index (χ2v) is 7.10. The minimum Gasteiger partial charge on any atom is -0.458 e. The van der Waals surface area contributed by atoms with Crippen LogP contribution in [-0.2, 0) is 23.0 Å². The van der Waals surface area contributed by atoms with Gasteiger partial charge < -0.3 is 10.1 Å². The normalized spacial score (nSPS) is 12.5. The Balaban J connectivity index is 2.29. The number of nitrogens with zero attached hydrogens (tertiary/aromatic N) is 2. The van der Waals surface area contributed by atoms with Crippen molar-refractivity contribution in [3.63, 3.8) is 0 Å². The van der Waals surface area contributed by atoms with E-state index >= 15 is 0 Å². The van der Waals surface area contributed by atoms with Gasteiger partial charge in [0.25, 0.3) is 5.56 Å². The van der Waals surface area contributed by atoms with Crippen molar-refractivity contribution in [1.29, 1.82) is 0 Å². The minimum atomic E-state index is -0.701. The largest absolute Gasteiger partial charge is 0.458 e. The third-order valence-electron chi connectivity index (χ3n) is 3.38. The Morgan fingerprint density at radius 1 is 1.32 bits per heavy atom. The van der Waals surface area contributed by atoms with Gasteiger partial charge in [0.15, 0.2) is 0 Å². The maximum absolute atomic E-state index is 12.6. The summed E-state index contributed by atoms with van der Waals surface area (Å²) in [5.41, 5.74) is 0.201. The van der Waals surface area contributed by atoms with Crippen molar-refractivity contribution in [2.24, 2.45) is 7.05 Å². The maximum atomic E-state index is 12.6. The molecule has 0 radical (unpaired) electrons. The minimum absolute atomic E-state index is 0.0147. The molecule has 0 saturated heterocycles. The van der Waals surface area contributed by atoms with Crippen LogP contribution in [-0.4, -0.2) is 27.4 Å². The van der Waals surface area contributed by atoms with Crippen LogP contribution in [0.5, 0.6) is 0 Å². The summed E-state index contributed by atoms with van der Waals surface area (Å²) < 4.78 is 6.62. The van der Waals surface area contributed by atoms with E-state index < -0.39 is 23.2 Å². The van der Waals surface area contributed by atoms with Gasteiger partial charge in [-0.25, -0.2) is 9.48 Å². The Kier molecular flexibility index (Phi) is 5.85. The van der Waals surface area contributed by atoms with Gasteiger partial charge in [0.1, 0.15) is 16.7 Å². The summed E-state index contributed by atoms with van der Waals surface area (Å²) >= 11 is 6.10. The molecule has 1 aromatic heterocycles. The predicted molar refractivity (Wildman–Crippen MR) is 97.9 cm³/mol. The van der Waals surface area contributed by atoms with Gasteiger partial charge in [-0.1, -0.05) is 41.9 Å². The van der Waals surface area contributed by atoms with Crippen LogP contribution in [0.15, 0.2) is 41.3 Å². The van der Waals surface area contributed by atoms with Gasteiger partial charge in [-0.3, -0.25) is 4.79 Å². The van der Waals surface area contributed by atoms with Crippen molar-refractivity contribution in [2.75, 3.05) is 5.32 Å². The Labute approximate surface area is 151 Å². The van der Waals surface area contributed by atoms with Crippen LogP contribution in [0.4, 0.5) is 5.69 Å². The first-order valence-corrected chi connectivity index (χ1v) is 8.30. The van der Waals surface area contributed by atoms with Crippen LogP contribution >= 0.6 is 11.6 Å². The molecule has 1 atom stereocenters. The average Bonchev–Trinajstić information content (AvgIpc) is 2.54. The van der Waals surface area contributed by atoms with E-state index in [0.717, 1.165) is 10.2 Å². The molecule has 25 heavy (non-hydrogen) atoms. The van der Waals surface area contributed by atoms with E-state index in [4.69, 9.17) is 16.3 Å². The molecule has 0 bridgehead atoms. The predicted octanol–water partition coefficient (Wildman–Crippen LogP) is 2.80. The third kappa shape index (κ3) is 5.32. The molecule has 2 rings (SSSR count). The highest BCUT2D eigenvalue weighted by molar-refractivity contribution is 6.33. The van der Waals surface area contributed by atoms with Crippen LogP contribution in [0.2, 0.25) is 5.02 Å². The maximum Gasteiger partial charge on any atom is 0.329 e. The van der Waals surface area contributed by atoms with Crippen molar-refractivity contribution in [3.05, 3.63) is 57.5 Å². The summed E-state index contributed by atoms with van der Waals surface area (Å²) in [6.07, 6.45) is 1.81. The second-order valence-electron chi connectivity index (χ2n) is 6.72. The average molecular weight is 364 g/mol. The molecule has 0 aliphatic heterocycles. The van der Waals surface area contributed by atoms with Gasteiger partial charge in [-0.15, -0.1) is 0 Å². The number of hydrogen-bond acceptors (Lipinski definition) is 5. The number of anilines is 1. The molecule has 0 fully saturated rings. The number of esters is 1. The first-order valence-electron chi connectivity index (χ1n) is 7.92. The molecule has 0 aliphatic rings. The third-order valence-corrected chi connectivity index (χ3v) is 3.75. The van der Waals surface area contributed by atoms with E-state index in [1.54, 1.807) is 20.8 Å². The Bertz CT molecular complexity index is 797. The van der Waals surface area contributed by atoms with Crippen molar-refractivity contribution in [2.45, 2.75) is 38.8 Å². The van der Waals surface area contributed by atoms with Crippen LogP contribution in [0.3, 0.4) is 0 Å². The van der Waals surface area contributed by atoms with Crippen molar-refractivity contribution < 1.29 is 9.53 Å². The lowest BCUT2D eigenvalue weighted by molar-refractivity contribution is -0.155. The number of rotatable bonds is 5. The molecule has 0 saturated carbocycles. The van der Waals surface area contributed by atoms with Crippen molar-refractivity contribution in [3.8, 4) is 0 Å². The summed E-state index contributed by atoms with van der Waals surface area (Å²) in [5, 5.41) is 6.93. The zero-order valence-electron chi connectivity index (χ0n) is 14.7. The molecule has 1 aromatic carbocycles. The summed E-state index contributed by atoms with van der Waals surface area (Å²) in [6, 6.07) is 8.84. The van der Waals surface area contributed by atoms with Gasteiger partial charge in [0, 0.05) is 13.5 Å². The van der Waals surface area contributed by atoms with Gasteiger partial charge in [0.2, 0.25) is 0 Å². The molecule has 6 nitrogen and oxygen atoms in total. The smallest absolute Gasteiger partial charge is 0.329 e. The fourth-order valence-electron chi connectivity index (χ4n) is 2.22. The highest BCUT2D eigenvalue weighted by Crippen LogP contribution is 2.19. The molecule has 0 amide bonds. The highest BCUT2D eigenvalue weighted by atomic mass is 35.5. The van der Waals surface area contributed by atoms with E-state index in [9.17, 15) is 9.59 Å². The molecular weight excluding hydrogens is 342 g/mol. The molecule has 1 heterocycles. The number of benzene rings is 1. The monoisotopic (exact) mass is 363 g/mol. The summed E-state index contributed by atoms with van der Waals surface area (Å²) in [6.45, 7) is 5.41. The first-order chi connectivity index (χ1) is 11.7. The zero-order chi connectivity index (χ0) is 18.6. The summed E-state index contributed by atoms with van der Waals surface area (Å²) in [7, 11) is 1.51. The lowest BCUT2D eigenvalue weighted by Crippen LogP contribution is -2.38. The molecule has 0 unspecified atom stereocenters. The number of nitrogens with one attached hydrogen (secondary N) is 1. The van der Waals surface area contributed by atoms with Crippen LogP contribution in [0.25, 0.3) is 0 Å². The molecule has 2 aromatic rings. The fourth-order valence-corrected chi connectivity index (χ4v) is 2.44. The van der Waals surface area contributed by atoms with E-state index in [2.05, 4.69) is 10.4 Å². The van der Waals surface area contributed by atoms with Gasteiger partial charge >= 0.3 is 5.97 Å². The Morgan fingerprint density at radius 3 is 2.56 bits per heavy atom. The molecule has 0 spiro atoms. The Morgan fingerprint density at radius 2 is 1.96 bits per heavy atom. The molecule has 1 N–H and O–H groups in total.